The van der Waals surface area contributed by atoms with Gasteiger partial charge in [0.15, 0.2) is 0 Å². The molecule has 2 aromatic carbocycles. The monoisotopic (exact) mass is 421 g/mol. The van der Waals surface area contributed by atoms with Gasteiger partial charge in [0.1, 0.15) is 11.6 Å². The second kappa shape index (κ2) is 11.6. The highest BCUT2D eigenvalue weighted by Gasteiger charge is 2.06. The van der Waals surface area contributed by atoms with E-state index in [1.807, 2.05) is 30.4 Å². The summed E-state index contributed by atoms with van der Waals surface area (Å²) in [6.07, 6.45) is 12.4. The van der Waals surface area contributed by atoms with Crippen LogP contribution in [0.15, 0.2) is 54.7 Å². The van der Waals surface area contributed by atoms with Gasteiger partial charge in [-0.05, 0) is 62.3 Å². The van der Waals surface area contributed by atoms with Crippen LogP contribution in [0.2, 0.25) is 0 Å². The zero-order valence-electron chi connectivity index (χ0n) is 18.5. The highest BCUT2D eigenvalue weighted by molar-refractivity contribution is 5.86. The molecular formula is C27H32FNO2. The van der Waals surface area contributed by atoms with Gasteiger partial charge in [0.25, 0.3) is 0 Å². The Morgan fingerprint density at radius 1 is 1.06 bits per heavy atom. The molecule has 31 heavy (non-hydrogen) atoms. The van der Waals surface area contributed by atoms with E-state index in [4.69, 9.17) is 4.74 Å². The number of unbranched alkanes of at least 4 members (excludes halogenated alkanes) is 3. The van der Waals surface area contributed by atoms with E-state index in [2.05, 4.69) is 18.8 Å². The van der Waals surface area contributed by atoms with Gasteiger partial charge in [-0.25, -0.2) is 4.39 Å². The molecule has 0 aliphatic heterocycles. The Balaban J connectivity index is 1.53. The molecule has 1 unspecified atom stereocenters. The molecule has 3 nitrogen and oxygen atoms in total. The summed E-state index contributed by atoms with van der Waals surface area (Å²) < 4.78 is 20.4. The van der Waals surface area contributed by atoms with E-state index in [0.29, 0.717) is 11.3 Å². The zero-order chi connectivity index (χ0) is 22.1. The fourth-order valence-corrected chi connectivity index (χ4v) is 3.56. The largest absolute Gasteiger partial charge is 0.508 e. The first-order valence-electron chi connectivity index (χ1n) is 11.2. The second-order valence-electron chi connectivity index (χ2n) is 8.06. The number of rotatable bonds is 11. The molecule has 0 saturated heterocycles. The standard InChI is InChI=1S/C27H32FNO2/c1-3-4-8-15-31-20(2)9-6-5-7-10-21-11-12-23(17-26(21)28)27-18-22-13-14-25(30)16-24(22)19-29-27/h7,10-14,16-20,30H,3-6,8-9,15H2,1-2H3/b10-7+. The Morgan fingerprint density at radius 2 is 1.94 bits per heavy atom. The maximum Gasteiger partial charge on any atom is 0.131 e. The van der Waals surface area contributed by atoms with Gasteiger partial charge in [0.05, 0.1) is 11.8 Å². The minimum atomic E-state index is -0.256. The van der Waals surface area contributed by atoms with Crippen molar-refractivity contribution in [3.8, 4) is 17.0 Å². The Bertz CT molecular complexity index is 1020. The van der Waals surface area contributed by atoms with Crippen LogP contribution in [0.5, 0.6) is 5.75 Å². The van der Waals surface area contributed by atoms with Gasteiger partial charge in [0, 0.05) is 29.3 Å². The molecule has 3 rings (SSSR count). The summed E-state index contributed by atoms with van der Waals surface area (Å²) in [4.78, 5) is 4.42. The fourth-order valence-electron chi connectivity index (χ4n) is 3.56. The lowest BCUT2D eigenvalue weighted by molar-refractivity contribution is 0.0566. The molecule has 164 valence electrons. The summed E-state index contributed by atoms with van der Waals surface area (Å²) in [7, 11) is 0. The van der Waals surface area contributed by atoms with Gasteiger partial charge in [-0.15, -0.1) is 0 Å². The average Bonchev–Trinajstić information content (AvgIpc) is 2.77. The molecule has 0 radical (unpaired) electrons. The molecule has 1 atom stereocenters. The Kier molecular flexibility index (Phi) is 8.60. The molecule has 0 spiro atoms. The summed E-state index contributed by atoms with van der Waals surface area (Å²) in [5.74, 6) is -0.0489. The van der Waals surface area contributed by atoms with Crippen molar-refractivity contribution in [3.63, 3.8) is 0 Å². The van der Waals surface area contributed by atoms with Crippen LogP contribution >= 0.6 is 0 Å². The van der Waals surface area contributed by atoms with Crippen LogP contribution in [0, 0.1) is 5.82 Å². The van der Waals surface area contributed by atoms with Crippen molar-refractivity contribution in [2.75, 3.05) is 6.61 Å². The molecule has 1 aromatic heterocycles. The summed E-state index contributed by atoms with van der Waals surface area (Å²) in [6, 6.07) is 12.3. The molecule has 1 heterocycles. The number of aromatic hydroxyl groups is 1. The van der Waals surface area contributed by atoms with Crippen molar-refractivity contribution in [1.82, 2.24) is 4.98 Å². The minimum absolute atomic E-state index is 0.207. The quantitative estimate of drug-likeness (QED) is 0.325. The van der Waals surface area contributed by atoms with Crippen LogP contribution in [0.25, 0.3) is 28.1 Å². The van der Waals surface area contributed by atoms with Crippen molar-refractivity contribution >= 4 is 16.8 Å². The van der Waals surface area contributed by atoms with Crippen LogP contribution in [0.1, 0.15) is 57.9 Å². The van der Waals surface area contributed by atoms with E-state index in [1.165, 1.54) is 18.9 Å². The number of benzene rings is 2. The number of fused-ring (bicyclic) bond motifs is 1. The van der Waals surface area contributed by atoms with Gasteiger partial charge in [-0.1, -0.05) is 50.1 Å². The number of halogens is 1. The molecule has 0 aliphatic rings. The predicted molar refractivity (Wildman–Crippen MR) is 127 cm³/mol. The van der Waals surface area contributed by atoms with Crippen molar-refractivity contribution < 1.29 is 14.2 Å². The van der Waals surface area contributed by atoms with Crippen LogP contribution in [0.4, 0.5) is 4.39 Å². The normalized spacial score (nSPS) is 12.6. The topological polar surface area (TPSA) is 42.4 Å². The number of aromatic nitrogens is 1. The van der Waals surface area contributed by atoms with Crippen molar-refractivity contribution in [2.24, 2.45) is 0 Å². The van der Waals surface area contributed by atoms with Gasteiger partial charge in [-0.3, -0.25) is 4.98 Å². The lowest BCUT2D eigenvalue weighted by atomic mass is 10.0. The number of pyridine rings is 1. The highest BCUT2D eigenvalue weighted by Crippen LogP contribution is 2.26. The molecule has 3 aromatic rings. The Morgan fingerprint density at radius 3 is 2.74 bits per heavy atom. The first kappa shape index (κ1) is 23.0. The van der Waals surface area contributed by atoms with Gasteiger partial charge >= 0.3 is 0 Å². The SMILES string of the molecule is CCCCCOC(C)CCC/C=C/c1ccc(-c2cc3ccc(O)cc3cn2)cc1F. The number of hydrogen-bond acceptors (Lipinski definition) is 3. The molecule has 0 aliphatic carbocycles. The highest BCUT2D eigenvalue weighted by atomic mass is 19.1. The van der Waals surface area contributed by atoms with Crippen molar-refractivity contribution in [2.45, 2.75) is 58.5 Å². The Labute approximate surface area is 184 Å². The van der Waals surface area contributed by atoms with Crippen LogP contribution in [0.3, 0.4) is 0 Å². The summed E-state index contributed by atoms with van der Waals surface area (Å²) in [5, 5.41) is 11.4. The van der Waals surface area contributed by atoms with Crippen molar-refractivity contribution in [1.29, 1.82) is 0 Å². The second-order valence-corrected chi connectivity index (χ2v) is 8.06. The third kappa shape index (κ3) is 6.90. The lowest BCUT2D eigenvalue weighted by Crippen LogP contribution is -2.08. The van der Waals surface area contributed by atoms with Gasteiger partial charge < -0.3 is 9.84 Å². The molecule has 4 heteroatoms. The average molecular weight is 422 g/mol. The van der Waals surface area contributed by atoms with Crippen LogP contribution in [-0.2, 0) is 4.74 Å². The van der Waals surface area contributed by atoms with E-state index < -0.39 is 0 Å². The van der Waals surface area contributed by atoms with Crippen molar-refractivity contribution in [3.05, 3.63) is 66.1 Å². The summed E-state index contributed by atoms with van der Waals surface area (Å²) in [5.41, 5.74) is 2.03. The van der Waals surface area contributed by atoms with E-state index in [0.717, 1.165) is 48.6 Å². The number of hydrogen-bond donors (Lipinski definition) is 1. The Hall–Kier alpha value is -2.72. The molecule has 0 saturated carbocycles. The number of phenols is 1. The maximum absolute atomic E-state index is 14.6. The van der Waals surface area contributed by atoms with Gasteiger partial charge in [-0.2, -0.15) is 0 Å². The number of allylic oxidation sites excluding steroid dienone is 1. The van der Waals surface area contributed by atoms with E-state index in [1.54, 1.807) is 24.4 Å². The minimum Gasteiger partial charge on any atom is -0.508 e. The molecule has 0 fully saturated rings. The number of phenolic OH excluding ortho intramolecular Hbond substituents is 1. The van der Waals surface area contributed by atoms with Crippen LogP contribution < -0.4 is 0 Å². The summed E-state index contributed by atoms with van der Waals surface area (Å²) in [6.45, 7) is 5.16. The van der Waals surface area contributed by atoms with Crippen LogP contribution in [-0.4, -0.2) is 22.8 Å². The maximum atomic E-state index is 14.6. The smallest absolute Gasteiger partial charge is 0.131 e. The van der Waals surface area contributed by atoms with E-state index in [9.17, 15) is 9.50 Å². The predicted octanol–water partition coefficient (Wildman–Crippen LogP) is 7.53. The third-order valence-corrected chi connectivity index (χ3v) is 5.43. The number of nitrogens with zero attached hydrogens (tertiary/aromatic N) is 1. The first-order valence-corrected chi connectivity index (χ1v) is 11.2. The lowest BCUT2D eigenvalue weighted by Gasteiger charge is -2.12. The molecular weight excluding hydrogens is 389 g/mol. The zero-order valence-corrected chi connectivity index (χ0v) is 18.5. The fraction of sp³-hybridized carbons (Fsp3) is 0.370. The van der Waals surface area contributed by atoms with Gasteiger partial charge in [0.2, 0.25) is 0 Å². The third-order valence-electron chi connectivity index (χ3n) is 5.43. The molecule has 1 N–H and O–H groups in total. The first-order chi connectivity index (χ1) is 15.1. The summed E-state index contributed by atoms with van der Waals surface area (Å²) >= 11 is 0. The molecule has 0 amide bonds. The molecule has 0 bridgehead atoms. The van der Waals surface area contributed by atoms with E-state index in [-0.39, 0.29) is 17.7 Å². The van der Waals surface area contributed by atoms with E-state index >= 15 is 0 Å². The number of ether oxygens (including phenoxy) is 1.